The minimum absolute atomic E-state index is 0.0162. The molecule has 3 rings (SSSR count). The van der Waals surface area contributed by atoms with Gasteiger partial charge in [0.1, 0.15) is 6.04 Å². The second-order valence-corrected chi connectivity index (χ2v) is 8.02. The lowest BCUT2D eigenvalue weighted by Gasteiger charge is -2.30. The fourth-order valence-corrected chi connectivity index (χ4v) is 4.33. The van der Waals surface area contributed by atoms with Gasteiger partial charge in [-0.15, -0.1) is 0 Å². The normalized spacial score (nSPS) is 24.9. The van der Waals surface area contributed by atoms with Gasteiger partial charge in [-0.2, -0.15) is 0 Å². The molecule has 27 heavy (non-hydrogen) atoms. The number of nitrogens with two attached hydrogens (primary N) is 1. The highest BCUT2D eigenvalue weighted by atomic mass is 16.4. The Morgan fingerprint density at radius 3 is 2.30 bits per heavy atom. The molecule has 0 radical (unpaired) electrons. The number of hydrogen-bond donors (Lipinski definition) is 4. The second-order valence-electron chi connectivity index (χ2n) is 8.02. The maximum absolute atomic E-state index is 12.5. The molecule has 2 aliphatic rings. The van der Waals surface area contributed by atoms with Crippen molar-refractivity contribution in [1.82, 2.24) is 10.6 Å². The van der Waals surface area contributed by atoms with Gasteiger partial charge < -0.3 is 21.5 Å². The van der Waals surface area contributed by atoms with Crippen molar-refractivity contribution < 1.29 is 14.7 Å². The SMILES string of the molecule is NC(CC1CCC(NC(=O)c2ccc(C3CCNCC3)cc2)CC1)C(=O)O. The Bertz CT molecular complexity index is 633. The van der Waals surface area contributed by atoms with E-state index in [0.717, 1.165) is 51.6 Å². The summed E-state index contributed by atoms with van der Waals surface area (Å²) in [5, 5.41) is 15.4. The number of carboxylic acid groups (broad SMARTS) is 1. The van der Waals surface area contributed by atoms with Crippen LogP contribution in [0.3, 0.4) is 0 Å². The van der Waals surface area contributed by atoms with Crippen LogP contribution in [0.4, 0.5) is 0 Å². The van der Waals surface area contributed by atoms with Gasteiger partial charge in [0.2, 0.25) is 0 Å². The lowest BCUT2D eigenvalue weighted by atomic mass is 9.82. The van der Waals surface area contributed by atoms with Crippen LogP contribution in [0.25, 0.3) is 0 Å². The van der Waals surface area contributed by atoms with Gasteiger partial charge >= 0.3 is 5.97 Å². The number of benzene rings is 1. The summed E-state index contributed by atoms with van der Waals surface area (Å²) in [6, 6.07) is 7.44. The number of carboxylic acids is 1. The van der Waals surface area contributed by atoms with Crippen molar-refractivity contribution in [1.29, 1.82) is 0 Å². The first kappa shape index (κ1) is 19.8. The van der Waals surface area contributed by atoms with Gasteiger partial charge in [0.25, 0.3) is 5.91 Å². The molecule has 148 valence electrons. The van der Waals surface area contributed by atoms with Crippen LogP contribution in [-0.4, -0.2) is 42.2 Å². The predicted octanol–water partition coefficient (Wildman–Crippen LogP) is 2.24. The van der Waals surface area contributed by atoms with E-state index in [0.29, 0.717) is 23.8 Å². The summed E-state index contributed by atoms with van der Waals surface area (Å²) in [4.78, 5) is 23.4. The van der Waals surface area contributed by atoms with Gasteiger partial charge in [-0.25, -0.2) is 0 Å². The minimum atomic E-state index is -0.932. The molecule has 0 spiro atoms. The van der Waals surface area contributed by atoms with E-state index in [1.165, 1.54) is 5.56 Å². The molecule has 5 N–H and O–H groups in total. The number of carbonyl (C=O) groups is 2. The van der Waals surface area contributed by atoms with Crippen LogP contribution < -0.4 is 16.4 Å². The zero-order valence-corrected chi connectivity index (χ0v) is 15.8. The molecule has 1 aliphatic carbocycles. The average Bonchev–Trinajstić information content (AvgIpc) is 2.70. The van der Waals surface area contributed by atoms with Crippen molar-refractivity contribution in [3.8, 4) is 0 Å². The number of aliphatic carboxylic acids is 1. The molecule has 1 aromatic carbocycles. The largest absolute Gasteiger partial charge is 0.480 e. The first-order valence-electron chi connectivity index (χ1n) is 10.1. The third kappa shape index (κ3) is 5.53. The average molecular weight is 373 g/mol. The summed E-state index contributed by atoms with van der Waals surface area (Å²) in [5.41, 5.74) is 7.67. The molecule has 2 fully saturated rings. The van der Waals surface area contributed by atoms with Crippen LogP contribution >= 0.6 is 0 Å². The molecule has 1 saturated heterocycles. The Morgan fingerprint density at radius 1 is 1.07 bits per heavy atom. The first-order chi connectivity index (χ1) is 13.0. The Labute approximate surface area is 160 Å². The number of carbonyl (C=O) groups excluding carboxylic acids is 1. The van der Waals surface area contributed by atoms with Crippen LogP contribution in [0.2, 0.25) is 0 Å². The number of nitrogens with one attached hydrogen (secondary N) is 2. The highest BCUT2D eigenvalue weighted by Crippen LogP contribution is 2.28. The van der Waals surface area contributed by atoms with Gasteiger partial charge in [-0.05, 0) is 87.6 Å². The predicted molar refractivity (Wildman–Crippen MR) is 105 cm³/mol. The zero-order valence-electron chi connectivity index (χ0n) is 15.8. The van der Waals surface area contributed by atoms with Crippen LogP contribution in [-0.2, 0) is 4.79 Å². The van der Waals surface area contributed by atoms with E-state index in [2.05, 4.69) is 22.8 Å². The van der Waals surface area contributed by atoms with Crippen LogP contribution in [0.15, 0.2) is 24.3 Å². The van der Waals surface area contributed by atoms with E-state index in [9.17, 15) is 9.59 Å². The summed E-state index contributed by atoms with van der Waals surface area (Å²) in [6.45, 7) is 2.12. The van der Waals surface area contributed by atoms with Gasteiger partial charge in [-0.1, -0.05) is 12.1 Å². The summed E-state index contributed by atoms with van der Waals surface area (Å²) in [5.74, 6) is -0.0137. The summed E-state index contributed by atoms with van der Waals surface area (Å²) in [6.07, 6.45) is 6.43. The number of piperidine rings is 1. The molecule has 6 heteroatoms. The fraction of sp³-hybridized carbons (Fsp3) is 0.619. The molecular formula is C21H31N3O3. The Kier molecular flexibility index (Phi) is 6.85. The fourth-order valence-electron chi connectivity index (χ4n) is 4.33. The lowest BCUT2D eigenvalue weighted by Crippen LogP contribution is -2.39. The van der Waals surface area contributed by atoms with E-state index in [4.69, 9.17) is 10.8 Å². The maximum Gasteiger partial charge on any atom is 0.320 e. The van der Waals surface area contributed by atoms with Crippen LogP contribution in [0, 0.1) is 5.92 Å². The van der Waals surface area contributed by atoms with Gasteiger partial charge in [-0.3, -0.25) is 9.59 Å². The smallest absolute Gasteiger partial charge is 0.320 e. The van der Waals surface area contributed by atoms with E-state index in [-0.39, 0.29) is 11.9 Å². The second kappa shape index (κ2) is 9.33. The molecule has 1 amide bonds. The molecule has 1 aliphatic heterocycles. The Morgan fingerprint density at radius 2 is 1.70 bits per heavy atom. The maximum atomic E-state index is 12.5. The van der Waals surface area contributed by atoms with Crippen molar-refractivity contribution >= 4 is 11.9 Å². The van der Waals surface area contributed by atoms with Crippen LogP contribution in [0.1, 0.15) is 66.8 Å². The van der Waals surface area contributed by atoms with Crippen molar-refractivity contribution in [2.24, 2.45) is 11.7 Å². The standard InChI is InChI=1S/C21H31N3O3/c22-19(21(26)27)13-14-1-7-18(8-2-14)24-20(25)17-5-3-15(4-6-17)16-9-11-23-12-10-16/h3-6,14,16,18-19,23H,1-2,7-13,22H2,(H,24,25)(H,26,27). The quantitative estimate of drug-likeness (QED) is 0.612. The zero-order chi connectivity index (χ0) is 19.2. The van der Waals surface area contributed by atoms with E-state index in [1.54, 1.807) is 0 Å². The molecule has 1 saturated carbocycles. The lowest BCUT2D eigenvalue weighted by molar-refractivity contribution is -0.139. The van der Waals surface area contributed by atoms with Gasteiger partial charge in [0, 0.05) is 11.6 Å². The minimum Gasteiger partial charge on any atom is -0.480 e. The third-order valence-electron chi connectivity index (χ3n) is 6.07. The highest BCUT2D eigenvalue weighted by Gasteiger charge is 2.26. The summed E-state index contributed by atoms with van der Waals surface area (Å²) < 4.78 is 0. The molecule has 0 bridgehead atoms. The van der Waals surface area contributed by atoms with Gasteiger partial charge in [0.15, 0.2) is 0 Å². The van der Waals surface area contributed by atoms with Crippen LogP contribution in [0.5, 0.6) is 0 Å². The molecule has 6 nitrogen and oxygen atoms in total. The monoisotopic (exact) mass is 373 g/mol. The van der Waals surface area contributed by atoms with E-state index in [1.807, 2.05) is 12.1 Å². The number of amides is 1. The summed E-state index contributed by atoms with van der Waals surface area (Å²) in [7, 11) is 0. The molecule has 1 aromatic rings. The molecule has 0 aromatic heterocycles. The topological polar surface area (TPSA) is 104 Å². The van der Waals surface area contributed by atoms with E-state index < -0.39 is 12.0 Å². The third-order valence-corrected chi connectivity index (χ3v) is 6.07. The number of rotatable bonds is 6. The first-order valence-corrected chi connectivity index (χ1v) is 10.1. The van der Waals surface area contributed by atoms with Crippen molar-refractivity contribution in [2.75, 3.05) is 13.1 Å². The molecule has 1 heterocycles. The van der Waals surface area contributed by atoms with Crippen molar-refractivity contribution in [2.45, 2.75) is 62.9 Å². The molecule has 1 atom stereocenters. The Balaban J connectivity index is 1.46. The van der Waals surface area contributed by atoms with Crippen molar-refractivity contribution in [3.05, 3.63) is 35.4 Å². The summed E-state index contributed by atoms with van der Waals surface area (Å²) >= 11 is 0. The Hall–Kier alpha value is -1.92. The van der Waals surface area contributed by atoms with Crippen molar-refractivity contribution in [3.63, 3.8) is 0 Å². The number of hydrogen-bond acceptors (Lipinski definition) is 4. The molecule has 1 unspecified atom stereocenters. The highest BCUT2D eigenvalue weighted by molar-refractivity contribution is 5.94. The molecular weight excluding hydrogens is 342 g/mol. The van der Waals surface area contributed by atoms with Gasteiger partial charge in [0.05, 0.1) is 0 Å². The van der Waals surface area contributed by atoms with E-state index >= 15 is 0 Å².